The van der Waals surface area contributed by atoms with E-state index in [1.54, 1.807) is 17.0 Å². The lowest BCUT2D eigenvalue weighted by Gasteiger charge is -2.38. The first-order valence-corrected chi connectivity index (χ1v) is 11.7. The number of carbonyl (C=O) groups is 4. The van der Waals surface area contributed by atoms with E-state index in [0.717, 1.165) is 12.1 Å². The van der Waals surface area contributed by atoms with E-state index in [1.165, 1.54) is 23.3 Å². The summed E-state index contributed by atoms with van der Waals surface area (Å²) in [5, 5.41) is 5.00. The van der Waals surface area contributed by atoms with E-state index in [2.05, 4.69) is 10.6 Å². The highest BCUT2D eigenvalue weighted by molar-refractivity contribution is 5.97. The van der Waals surface area contributed by atoms with Crippen LogP contribution < -0.4 is 10.6 Å². The number of benzene rings is 1. The number of nitrogens with one attached hydrogen (secondary N) is 2. The predicted octanol–water partition coefficient (Wildman–Crippen LogP) is 1.41. The Bertz CT molecular complexity index is 1150. The van der Waals surface area contributed by atoms with Crippen LogP contribution in [0, 0.1) is 0 Å². The topological polar surface area (TPSA) is 115 Å². The number of piperazine rings is 2. The zero-order valence-corrected chi connectivity index (χ0v) is 19.8. The zero-order chi connectivity index (χ0) is 26.6. The largest absolute Gasteiger partial charge is 0.459 e. The minimum Gasteiger partial charge on any atom is -0.459 e. The van der Waals surface area contributed by atoms with E-state index in [1.807, 2.05) is 4.90 Å². The van der Waals surface area contributed by atoms with Gasteiger partial charge in [0.2, 0.25) is 17.7 Å². The summed E-state index contributed by atoms with van der Waals surface area (Å²) in [6, 6.07) is 6.30. The quantitative estimate of drug-likeness (QED) is 0.594. The molecule has 1 aromatic heterocycles. The van der Waals surface area contributed by atoms with Crippen LogP contribution in [0.4, 0.5) is 18.9 Å². The molecule has 2 fully saturated rings. The summed E-state index contributed by atoms with van der Waals surface area (Å²) in [7, 11) is 0. The molecule has 0 saturated carbocycles. The number of carbonyl (C=O) groups excluding carboxylic acids is 4. The summed E-state index contributed by atoms with van der Waals surface area (Å²) in [6.45, 7) is 2.11. The Labute approximate surface area is 210 Å². The fourth-order valence-corrected chi connectivity index (χ4v) is 4.32. The van der Waals surface area contributed by atoms with Gasteiger partial charge in [-0.05, 0) is 30.3 Å². The van der Waals surface area contributed by atoms with Gasteiger partial charge in [-0.1, -0.05) is 6.07 Å². The molecule has 13 heteroatoms. The highest BCUT2D eigenvalue weighted by Gasteiger charge is 2.36. The maximum Gasteiger partial charge on any atom is 0.416 e. The first-order chi connectivity index (χ1) is 17.6. The Kier molecular flexibility index (Phi) is 7.81. The van der Waals surface area contributed by atoms with Gasteiger partial charge in [0, 0.05) is 45.0 Å². The van der Waals surface area contributed by atoms with E-state index in [4.69, 9.17) is 4.42 Å². The predicted molar refractivity (Wildman–Crippen MR) is 124 cm³/mol. The van der Waals surface area contributed by atoms with Gasteiger partial charge in [-0.15, -0.1) is 0 Å². The second-order valence-electron chi connectivity index (χ2n) is 8.77. The molecule has 2 aliphatic rings. The standard InChI is InChI=1S/C24H26F3N5O5/c25-24(26,27)16-3-1-4-17(13-16)29-20(33)14-18-22(35)28-6-7-32(18)21(34)15-30-8-10-31(11-9-30)23(36)19-5-2-12-37-19/h1-5,12-13,18H,6-11,14-15H2,(H,28,35)(H,29,33)/t18-/m0/s1. The summed E-state index contributed by atoms with van der Waals surface area (Å²) in [5.74, 6) is -1.53. The Hall–Kier alpha value is -3.87. The molecule has 4 amide bonds. The molecular formula is C24H26F3N5O5. The Morgan fingerprint density at radius 3 is 2.49 bits per heavy atom. The Morgan fingerprint density at radius 2 is 1.81 bits per heavy atom. The van der Waals surface area contributed by atoms with Crippen LogP contribution in [0.15, 0.2) is 47.1 Å². The molecular weight excluding hydrogens is 495 g/mol. The van der Waals surface area contributed by atoms with Crippen molar-refractivity contribution in [2.45, 2.75) is 18.6 Å². The Morgan fingerprint density at radius 1 is 1.05 bits per heavy atom. The van der Waals surface area contributed by atoms with Gasteiger partial charge in [0.15, 0.2) is 5.76 Å². The van der Waals surface area contributed by atoms with Crippen molar-refractivity contribution < 1.29 is 36.8 Å². The lowest BCUT2D eigenvalue weighted by molar-refractivity contribution is -0.145. The van der Waals surface area contributed by atoms with Crippen molar-refractivity contribution in [1.29, 1.82) is 0 Å². The molecule has 2 saturated heterocycles. The molecule has 3 heterocycles. The Balaban J connectivity index is 1.33. The number of amides is 4. The average molecular weight is 521 g/mol. The molecule has 10 nitrogen and oxygen atoms in total. The molecule has 0 spiro atoms. The maximum absolute atomic E-state index is 13.1. The number of nitrogens with zero attached hydrogens (tertiary/aromatic N) is 3. The third-order valence-corrected chi connectivity index (χ3v) is 6.25. The molecule has 1 aromatic carbocycles. The number of furan rings is 1. The number of hydrogen-bond donors (Lipinski definition) is 2. The molecule has 198 valence electrons. The third kappa shape index (κ3) is 6.47. The van der Waals surface area contributed by atoms with Crippen LogP contribution >= 0.6 is 0 Å². The SMILES string of the molecule is O=C(C[C@H]1C(=O)NCCN1C(=O)CN1CCN(C(=O)c2ccco2)CC1)Nc1cccc(C(F)(F)F)c1. The van der Waals surface area contributed by atoms with Crippen LogP contribution in [0.25, 0.3) is 0 Å². The minimum absolute atomic E-state index is 0.00180. The molecule has 0 bridgehead atoms. The highest BCUT2D eigenvalue weighted by Crippen LogP contribution is 2.30. The number of rotatable bonds is 6. The average Bonchev–Trinajstić information content (AvgIpc) is 3.40. The summed E-state index contributed by atoms with van der Waals surface area (Å²) < 4.78 is 44.0. The summed E-state index contributed by atoms with van der Waals surface area (Å²) in [4.78, 5) is 55.4. The van der Waals surface area contributed by atoms with Crippen molar-refractivity contribution in [3.8, 4) is 0 Å². The molecule has 2 aliphatic heterocycles. The molecule has 0 aliphatic carbocycles. The van der Waals surface area contributed by atoms with Gasteiger partial charge in [-0.25, -0.2) is 0 Å². The molecule has 2 N–H and O–H groups in total. The zero-order valence-electron chi connectivity index (χ0n) is 19.8. The first kappa shape index (κ1) is 26.2. The first-order valence-electron chi connectivity index (χ1n) is 11.7. The lowest BCUT2D eigenvalue weighted by Crippen LogP contribution is -2.60. The van der Waals surface area contributed by atoms with Crippen molar-refractivity contribution in [3.63, 3.8) is 0 Å². The van der Waals surface area contributed by atoms with Gasteiger partial charge in [-0.3, -0.25) is 24.1 Å². The smallest absolute Gasteiger partial charge is 0.416 e. The molecule has 2 aromatic rings. The van der Waals surface area contributed by atoms with Gasteiger partial charge in [0.25, 0.3) is 5.91 Å². The third-order valence-electron chi connectivity index (χ3n) is 6.25. The van der Waals surface area contributed by atoms with Crippen LogP contribution in [0.1, 0.15) is 22.5 Å². The number of halogens is 3. The van der Waals surface area contributed by atoms with E-state index in [9.17, 15) is 32.3 Å². The van der Waals surface area contributed by atoms with Gasteiger partial charge < -0.3 is 24.9 Å². The van der Waals surface area contributed by atoms with Crippen LogP contribution in [0.3, 0.4) is 0 Å². The van der Waals surface area contributed by atoms with E-state index >= 15 is 0 Å². The molecule has 0 radical (unpaired) electrons. The van der Waals surface area contributed by atoms with Crippen LogP contribution in [-0.2, 0) is 20.6 Å². The van der Waals surface area contributed by atoms with Crippen LogP contribution in [0.2, 0.25) is 0 Å². The second-order valence-corrected chi connectivity index (χ2v) is 8.77. The van der Waals surface area contributed by atoms with Gasteiger partial charge in [0.1, 0.15) is 6.04 Å². The molecule has 1 atom stereocenters. The van der Waals surface area contributed by atoms with Gasteiger partial charge in [0.05, 0.1) is 24.8 Å². The number of alkyl halides is 3. The maximum atomic E-state index is 13.1. The fraction of sp³-hybridized carbons (Fsp3) is 0.417. The number of hydrogen-bond acceptors (Lipinski definition) is 6. The highest BCUT2D eigenvalue weighted by atomic mass is 19.4. The molecule has 37 heavy (non-hydrogen) atoms. The van der Waals surface area contributed by atoms with Gasteiger partial charge >= 0.3 is 6.18 Å². The van der Waals surface area contributed by atoms with E-state index < -0.39 is 36.0 Å². The lowest BCUT2D eigenvalue weighted by atomic mass is 10.1. The summed E-state index contributed by atoms with van der Waals surface area (Å²) in [5.41, 5.74) is -0.973. The summed E-state index contributed by atoms with van der Waals surface area (Å²) in [6.07, 6.45) is -3.54. The van der Waals surface area contributed by atoms with Crippen molar-refractivity contribution in [1.82, 2.24) is 20.0 Å². The van der Waals surface area contributed by atoms with Crippen molar-refractivity contribution in [2.24, 2.45) is 0 Å². The normalized spacial score (nSPS) is 18.9. The monoisotopic (exact) mass is 521 g/mol. The second kappa shape index (κ2) is 11.0. The van der Waals surface area contributed by atoms with Crippen LogP contribution in [0.5, 0.6) is 0 Å². The van der Waals surface area contributed by atoms with E-state index in [0.29, 0.717) is 26.2 Å². The molecule has 4 rings (SSSR count). The summed E-state index contributed by atoms with van der Waals surface area (Å²) >= 11 is 0. The van der Waals surface area contributed by atoms with Crippen molar-refractivity contribution >= 4 is 29.3 Å². The van der Waals surface area contributed by atoms with Gasteiger partial charge in [-0.2, -0.15) is 13.2 Å². The van der Waals surface area contributed by atoms with E-state index in [-0.39, 0.29) is 42.9 Å². The van der Waals surface area contributed by atoms with Crippen molar-refractivity contribution in [3.05, 3.63) is 54.0 Å². The molecule has 0 unspecified atom stereocenters. The van der Waals surface area contributed by atoms with Crippen LogP contribution in [-0.4, -0.2) is 90.2 Å². The minimum atomic E-state index is -4.56. The number of anilines is 1. The fourth-order valence-electron chi connectivity index (χ4n) is 4.32. The van der Waals surface area contributed by atoms with Crippen molar-refractivity contribution in [2.75, 3.05) is 51.1 Å².